The van der Waals surface area contributed by atoms with Gasteiger partial charge in [0.25, 0.3) is 0 Å². The summed E-state index contributed by atoms with van der Waals surface area (Å²) in [5.74, 6) is -0.326. The molecule has 0 aromatic carbocycles. The smallest absolute Gasteiger partial charge is 0.354 e. The highest BCUT2D eigenvalue weighted by molar-refractivity contribution is 5.88. The number of hydrogen-bond donors (Lipinski definition) is 1. The van der Waals surface area contributed by atoms with Crippen molar-refractivity contribution in [2.75, 3.05) is 32.5 Å². The molecule has 0 atom stereocenters. The second kappa shape index (κ2) is 5.91. The largest absolute Gasteiger partial charge is 0.464 e. The van der Waals surface area contributed by atoms with Crippen LogP contribution in [0.25, 0.3) is 0 Å². The van der Waals surface area contributed by atoms with Gasteiger partial charge in [0.15, 0.2) is 0 Å². The topological polar surface area (TPSA) is 60.5 Å². The first-order chi connectivity index (χ1) is 8.70. The Balaban J connectivity index is 1.89. The molecule has 0 spiro atoms. The highest BCUT2D eigenvalue weighted by atomic mass is 16.5. The van der Waals surface area contributed by atoms with Crippen LogP contribution in [0.1, 0.15) is 29.8 Å². The van der Waals surface area contributed by atoms with Gasteiger partial charge in [-0.3, -0.25) is 0 Å². The number of aromatic nitrogens is 1. The fraction of sp³-hybridized carbons (Fsp3) is 0.615. The Morgan fingerprint density at radius 2 is 2.11 bits per heavy atom. The Bertz CT molecular complexity index is 408. The number of carbonyl (C=O) groups is 1. The summed E-state index contributed by atoms with van der Waals surface area (Å²) in [5.41, 5.74) is 6.87. The quantitative estimate of drug-likeness (QED) is 0.802. The van der Waals surface area contributed by atoms with Gasteiger partial charge in [-0.15, -0.1) is 0 Å². The molecular weight excluding hydrogens is 230 g/mol. The summed E-state index contributed by atoms with van der Waals surface area (Å²) >= 11 is 0. The van der Waals surface area contributed by atoms with Gasteiger partial charge in [0.2, 0.25) is 0 Å². The number of esters is 1. The highest BCUT2D eigenvalue weighted by Gasteiger charge is 2.14. The number of nitrogens with zero attached hydrogens (tertiary/aromatic N) is 2. The van der Waals surface area contributed by atoms with Gasteiger partial charge < -0.3 is 19.9 Å². The van der Waals surface area contributed by atoms with Crippen molar-refractivity contribution < 1.29 is 9.53 Å². The molecule has 1 fully saturated rings. The molecule has 0 radical (unpaired) electrons. The third-order valence-corrected chi connectivity index (χ3v) is 3.38. The fourth-order valence-corrected chi connectivity index (χ4v) is 2.46. The Morgan fingerprint density at radius 1 is 1.39 bits per heavy atom. The van der Waals surface area contributed by atoms with Crippen molar-refractivity contribution in [3.63, 3.8) is 0 Å². The monoisotopic (exact) mass is 251 g/mol. The van der Waals surface area contributed by atoms with E-state index < -0.39 is 0 Å². The maximum atomic E-state index is 11.6. The maximum absolute atomic E-state index is 11.6. The number of hydrogen-bond acceptors (Lipinski definition) is 4. The molecule has 100 valence electrons. The zero-order valence-electron chi connectivity index (χ0n) is 10.9. The van der Waals surface area contributed by atoms with Crippen molar-refractivity contribution in [2.24, 2.45) is 0 Å². The number of anilines is 1. The van der Waals surface area contributed by atoms with E-state index in [1.54, 1.807) is 12.3 Å². The maximum Gasteiger partial charge on any atom is 0.354 e. The first-order valence-electron chi connectivity index (χ1n) is 6.47. The number of nitrogens with two attached hydrogens (primary N) is 1. The minimum Gasteiger partial charge on any atom is -0.464 e. The molecule has 1 aliphatic rings. The third kappa shape index (κ3) is 3.04. The lowest BCUT2D eigenvalue weighted by Gasteiger charge is -2.15. The van der Waals surface area contributed by atoms with Crippen molar-refractivity contribution in [2.45, 2.75) is 25.8 Å². The molecule has 5 heteroatoms. The molecule has 0 saturated carbocycles. The van der Waals surface area contributed by atoms with Crippen molar-refractivity contribution in [1.29, 1.82) is 0 Å². The summed E-state index contributed by atoms with van der Waals surface area (Å²) in [6.07, 6.45) is 5.45. The predicted octanol–water partition coefficient (Wildman–Crippen LogP) is 1.34. The first kappa shape index (κ1) is 13.0. The summed E-state index contributed by atoms with van der Waals surface area (Å²) in [6, 6.07) is 1.67. The minimum absolute atomic E-state index is 0.326. The van der Waals surface area contributed by atoms with E-state index in [9.17, 15) is 4.79 Å². The van der Waals surface area contributed by atoms with Crippen LogP contribution in [0.15, 0.2) is 12.3 Å². The number of carbonyl (C=O) groups excluding carboxylic acids is 1. The molecule has 5 nitrogen and oxygen atoms in total. The van der Waals surface area contributed by atoms with E-state index in [1.807, 2.05) is 4.57 Å². The summed E-state index contributed by atoms with van der Waals surface area (Å²) in [5, 5.41) is 0. The fourth-order valence-electron chi connectivity index (χ4n) is 2.46. The molecular formula is C13H21N3O2. The molecule has 0 amide bonds. The summed E-state index contributed by atoms with van der Waals surface area (Å²) in [7, 11) is 1.39. The highest BCUT2D eigenvalue weighted by Crippen LogP contribution is 2.13. The Hall–Kier alpha value is -1.49. The van der Waals surface area contributed by atoms with E-state index in [-0.39, 0.29) is 5.97 Å². The van der Waals surface area contributed by atoms with E-state index in [0.717, 1.165) is 19.5 Å². The third-order valence-electron chi connectivity index (χ3n) is 3.38. The molecule has 2 heterocycles. The number of likely N-dealkylation sites (tertiary alicyclic amines) is 1. The van der Waals surface area contributed by atoms with E-state index >= 15 is 0 Å². The van der Waals surface area contributed by atoms with Crippen LogP contribution < -0.4 is 5.73 Å². The molecule has 1 saturated heterocycles. The minimum atomic E-state index is -0.326. The van der Waals surface area contributed by atoms with E-state index in [4.69, 9.17) is 10.5 Å². The van der Waals surface area contributed by atoms with Crippen LogP contribution in [0, 0.1) is 0 Å². The predicted molar refractivity (Wildman–Crippen MR) is 70.5 cm³/mol. The van der Waals surface area contributed by atoms with E-state index in [2.05, 4.69) is 4.90 Å². The van der Waals surface area contributed by atoms with Gasteiger partial charge in [-0.05, 0) is 45.0 Å². The average Bonchev–Trinajstić information content (AvgIpc) is 2.98. The Labute approximate surface area is 108 Å². The zero-order chi connectivity index (χ0) is 13.0. The molecule has 0 bridgehead atoms. The van der Waals surface area contributed by atoms with Crippen LogP contribution in [0.4, 0.5) is 5.69 Å². The van der Waals surface area contributed by atoms with Gasteiger partial charge in [-0.25, -0.2) is 4.79 Å². The van der Waals surface area contributed by atoms with E-state index in [0.29, 0.717) is 11.4 Å². The Kier molecular flexibility index (Phi) is 4.25. The SMILES string of the molecule is COC(=O)c1cc(N)cn1CCCN1CCCC1. The van der Waals surface area contributed by atoms with Crippen LogP contribution in [0.2, 0.25) is 0 Å². The van der Waals surface area contributed by atoms with Crippen LogP contribution in [-0.2, 0) is 11.3 Å². The van der Waals surface area contributed by atoms with Gasteiger partial charge >= 0.3 is 5.97 Å². The first-order valence-corrected chi connectivity index (χ1v) is 6.47. The van der Waals surface area contributed by atoms with E-state index in [1.165, 1.54) is 33.0 Å². The van der Waals surface area contributed by atoms with Crippen LogP contribution >= 0.6 is 0 Å². The van der Waals surface area contributed by atoms with Crippen molar-refractivity contribution >= 4 is 11.7 Å². The standard InChI is InChI=1S/C13H21N3O2/c1-18-13(17)12-9-11(14)10-16(12)8-4-7-15-5-2-3-6-15/h9-10H,2-8,14H2,1H3. The van der Waals surface area contributed by atoms with Crippen molar-refractivity contribution in [3.8, 4) is 0 Å². The second-order valence-corrected chi connectivity index (χ2v) is 4.75. The number of rotatable bonds is 5. The lowest BCUT2D eigenvalue weighted by Crippen LogP contribution is -2.22. The molecule has 2 N–H and O–H groups in total. The lowest BCUT2D eigenvalue weighted by molar-refractivity contribution is 0.0588. The summed E-state index contributed by atoms with van der Waals surface area (Å²) < 4.78 is 6.63. The van der Waals surface area contributed by atoms with Crippen molar-refractivity contribution in [1.82, 2.24) is 9.47 Å². The molecule has 2 rings (SSSR count). The molecule has 0 unspecified atom stereocenters. The lowest BCUT2D eigenvalue weighted by atomic mass is 10.3. The van der Waals surface area contributed by atoms with Crippen LogP contribution in [0.3, 0.4) is 0 Å². The molecule has 18 heavy (non-hydrogen) atoms. The van der Waals surface area contributed by atoms with Gasteiger partial charge in [0, 0.05) is 12.7 Å². The Morgan fingerprint density at radius 3 is 2.78 bits per heavy atom. The van der Waals surface area contributed by atoms with Gasteiger partial charge in [0.05, 0.1) is 12.8 Å². The van der Waals surface area contributed by atoms with Crippen LogP contribution in [-0.4, -0.2) is 42.2 Å². The molecule has 0 aliphatic carbocycles. The number of methoxy groups -OCH3 is 1. The van der Waals surface area contributed by atoms with Gasteiger partial charge in [0.1, 0.15) is 5.69 Å². The van der Waals surface area contributed by atoms with Gasteiger partial charge in [-0.2, -0.15) is 0 Å². The summed E-state index contributed by atoms with van der Waals surface area (Å²) in [6.45, 7) is 4.30. The normalized spacial score (nSPS) is 16.1. The van der Waals surface area contributed by atoms with Crippen LogP contribution in [0.5, 0.6) is 0 Å². The second-order valence-electron chi connectivity index (χ2n) is 4.75. The molecule has 1 aromatic heterocycles. The number of nitrogen functional groups attached to an aromatic ring is 1. The number of ether oxygens (including phenoxy) is 1. The zero-order valence-corrected chi connectivity index (χ0v) is 10.9. The summed E-state index contributed by atoms with van der Waals surface area (Å²) in [4.78, 5) is 14.0. The average molecular weight is 251 g/mol. The number of aryl methyl sites for hydroxylation is 1. The van der Waals surface area contributed by atoms with Crippen molar-refractivity contribution in [3.05, 3.63) is 18.0 Å². The van der Waals surface area contributed by atoms with Gasteiger partial charge in [-0.1, -0.05) is 0 Å². The molecule has 1 aromatic rings. The molecule has 1 aliphatic heterocycles.